The van der Waals surface area contributed by atoms with Crippen LogP contribution in [-0.4, -0.2) is 34.9 Å². The molecular formula is C23H51NO3S. The Bertz CT molecular complexity index is 372. The topological polar surface area (TPSA) is 55.4 Å². The maximum atomic E-state index is 11.4. The zero-order chi connectivity index (χ0) is 21.3. The molecule has 0 amide bonds. The molecule has 0 fully saturated rings. The van der Waals surface area contributed by atoms with Gasteiger partial charge in [-0.15, -0.1) is 0 Å². The van der Waals surface area contributed by atoms with Gasteiger partial charge in [0.05, 0.1) is 12.4 Å². The number of hydrogen-bond acceptors (Lipinski definition) is 4. The van der Waals surface area contributed by atoms with Gasteiger partial charge in [0.2, 0.25) is 0 Å². The highest BCUT2D eigenvalue weighted by molar-refractivity contribution is 7.86. The van der Waals surface area contributed by atoms with E-state index in [1.54, 1.807) is 0 Å². The highest BCUT2D eigenvalue weighted by Gasteiger charge is 2.08. The molecule has 5 heteroatoms. The summed E-state index contributed by atoms with van der Waals surface area (Å²) in [7, 11) is 0.498. The Morgan fingerprint density at radius 1 is 0.571 bits per heavy atom. The summed E-state index contributed by atoms with van der Waals surface area (Å²) in [6.45, 7) is 4.49. The van der Waals surface area contributed by atoms with Crippen molar-refractivity contribution in [3.8, 4) is 0 Å². The zero-order valence-corrected chi connectivity index (χ0v) is 20.4. The van der Waals surface area contributed by atoms with Gasteiger partial charge in [-0.3, -0.25) is 4.18 Å². The van der Waals surface area contributed by atoms with Gasteiger partial charge in [-0.2, -0.15) is 8.42 Å². The maximum Gasteiger partial charge on any atom is 0.267 e. The van der Waals surface area contributed by atoms with Crippen LogP contribution in [0.4, 0.5) is 0 Å². The highest BCUT2D eigenvalue weighted by Crippen LogP contribution is 2.13. The van der Waals surface area contributed by atoms with Gasteiger partial charge < -0.3 is 5.32 Å². The fourth-order valence-corrected chi connectivity index (χ4v) is 4.13. The summed E-state index contributed by atoms with van der Waals surface area (Å²) < 4.78 is 27.7. The molecule has 0 saturated carbocycles. The Morgan fingerprint density at radius 3 is 1.21 bits per heavy atom. The van der Waals surface area contributed by atoms with Gasteiger partial charge >= 0.3 is 0 Å². The molecule has 0 rings (SSSR count). The van der Waals surface area contributed by atoms with E-state index in [0.29, 0.717) is 13.0 Å². The summed E-state index contributed by atoms with van der Waals surface area (Å²) in [4.78, 5) is 0. The molecule has 0 unspecified atom stereocenters. The molecule has 172 valence electrons. The number of unbranched alkanes of at least 4 members (excludes halogenated alkanes) is 15. The average Bonchev–Trinajstić information content (AvgIpc) is 2.65. The normalized spacial score (nSPS) is 11.3. The molecule has 0 heterocycles. The summed E-state index contributed by atoms with van der Waals surface area (Å²) in [6.07, 6.45) is 21.8. The summed E-state index contributed by atoms with van der Waals surface area (Å²) in [5.41, 5.74) is 0. The predicted molar refractivity (Wildman–Crippen MR) is 125 cm³/mol. The van der Waals surface area contributed by atoms with Crippen LogP contribution in [0.5, 0.6) is 0 Å². The maximum absolute atomic E-state index is 11.4. The Kier molecular flexibility index (Phi) is 26.7. The molecule has 28 heavy (non-hydrogen) atoms. The lowest BCUT2D eigenvalue weighted by atomic mass is 10.0. The quantitative estimate of drug-likeness (QED) is 0.173. The van der Waals surface area contributed by atoms with E-state index in [0.717, 1.165) is 12.8 Å². The van der Waals surface area contributed by atoms with Crippen molar-refractivity contribution < 1.29 is 12.6 Å². The van der Waals surface area contributed by atoms with Crippen molar-refractivity contribution in [3.05, 3.63) is 0 Å². The van der Waals surface area contributed by atoms with Gasteiger partial charge in [0, 0.05) is 0 Å². The van der Waals surface area contributed by atoms with E-state index in [1.807, 2.05) is 21.0 Å². The molecule has 0 aliphatic carbocycles. The van der Waals surface area contributed by atoms with Gasteiger partial charge in [0.1, 0.15) is 0 Å². The van der Waals surface area contributed by atoms with E-state index in [9.17, 15) is 8.42 Å². The number of hydrogen-bond donors (Lipinski definition) is 1. The second kappa shape index (κ2) is 24.9. The van der Waals surface area contributed by atoms with Crippen LogP contribution in [0.3, 0.4) is 0 Å². The van der Waals surface area contributed by atoms with Gasteiger partial charge in [0.15, 0.2) is 0 Å². The molecule has 0 aliphatic heterocycles. The minimum Gasteiger partial charge on any atom is -0.323 e. The van der Waals surface area contributed by atoms with Crippen molar-refractivity contribution in [1.82, 2.24) is 5.32 Å². The highest BCUT2D eigenvalue weighted by atomic mass is 32.2. The fraction of sp³-hybridized carbons (Fsp3) is 1.00. The van der Waals surface area contributed by atoms with E-state index < -0.39 is 10.1 Å². The largest absolute Gasteiger partial charge is 0.323 e. The molecular weight excluding hydrogens is 370 g/mol. The molecule has 0 aliphatic rings. The first-order valence-corrected chi connectivity index (χ1v) is 13.6. The first-order valence-electron chi connectivity index (χ1n) is 12.0. The molecule has 0 atom stereocenters. The molecule has 0 aromatic carbocycles. The zero-order valence-electron chi connectivity index (χ0n) is 19.6. The summed E-state index contributed by atoms with van der Waals surface area (Å²) in [5, 5.41) is 2.75. The molecule has 1 N–H and O–H groups in total. The third kappa shape index (κ3) is 28.1. The Morgan fingerprint density at radius 2 is 0.893 bits per heavy atom. The molecule has 0 radical (unpaired) electrons. The monoisotopic (exact) mass is 421 g/mol. The molecule has 4 nitrogen and oxygen atoms in total. The summed E-state index contributed by atoms with van der Waals surface area (Å²) >= 11 is 0. The van der Waals surface area contributed by atoms with Gasteiger partial charge in [0.25, 0.3) is 10.1 Å². The van der Waals surface area contributed by atoms with Crippen LogP contribution >= 0.6 is 0 Å². The van der Waals surface area contributed by atoms with Crippen LogP contribution in [-0.2, 0) is 14.3 Å². The lowest BCUT2D eigenvalue weighted by Gasteiger charge is -2.05. The Hall–Kier alpha value is -0.130. The Balaban J connectivity index is 0. The minimum atomic E-state index is -3.25. The molecule has 0 aromatic heterocycles. The van der Waals surface area contributed by atoms with Gasteiger partial charge in [-0.1, -0.05) is 110 Å². The van der Waals surface area contributed by atoms with Crippen molar-refractivity contribution in [3.63, 3.8) is 0 Å². The molecule has 0 spiro atoms. The van der Waals surface area contributed by atoms with E-state index in [-0.39, 0.29) is 5.75 Å². The SMILES string of the molecule is CCCCCCCCCCCCCCCCCCOS(=O)(=O)CCC.CNC. The van der Waals surface area contributed by atoms with Crippen LogP contribution < -0.4 is 5.32 Å². The molecule has 0 saturated heterocycles. The second-order valence-electron chi connectivity index (χ2n) is 7.89. The third-order valence-electron chi connectivity index (χ3n) is 4.71. The second-order valence-corrected chi connectivity index (χ2v) is 9.65. The van der Waals surface area contributed by atoms with E-state index in [4.69, 9.17) is 4.18 Å². The van der Waals surface area contributed by atoms with Crippen LogP contribution in [0.15, 0.2) is 0 Å². The average molecular weight is 422 g/mol. The van der Waals surface area contributed by atoms with Crippen molar-refractivity contribution in [2.75, 3.05) is 26.5 Å². The van der Waals surface area contributed by atoms with Crippen LogP contribution in [0.25, 0.3) is 0 Å². The summed E-state index contributed by atoms with van der Waals surface area (Å²) in [5.74, 6) is 0.145. The standard InChI is InChI=1S/C21H44O3S.C2H7N/c1-3-5-6-7-8-9-10-11-12-13-14-15-16-17-18-19-20-24-25(22,23)21-4-2;1-3-2/h3-21H2,1-2H3;3H,1-2H3. The van der Waals surface area contributed by atoms with Crippen LogP contribution in [0.2, 0.25) is 0 Å². The van der Waals surface area contributed by atoms with E-state index in [2.05, 4.69) is 12.2 Å². The minimum absolute atomic E-state index is 0.145. The molecule has 0 bridgehead atoms. The van der Waals surface area contributed by atoms with Crippen molar-refractivity contribution in [2.45, 2.75) is 123 Å². The van der Waals surface area contributed by atoms with Crippen molar-refractivity contribution in [1.29, 1.82) is 0 Å². The number of nitrogens with one attached hydrogen (secondary N) is 1. The van der Waals surface area contributed by atoms with Crippen LogP contribution in [0, 0.1) is 0 Å². The smallest absolute Gasteiger partial charge is 0.267 e. The number of rotatable bonds is 20. The Labute approximate surface area is 177 Å². The first kappa shape index (κ1) is 30.1. The molecule has 0 aromatic rings. The van der Waals surface area contributed by atoms with Gasteiger partial charge in [-0.05, 0) is 26.9 Å². The lowest BCUT2D eigenvalue weighted by molar-refractivity contribution is 0.306. The van der Waals surface area contributed by atoms with Crippen LogP contribution in [0.1, 0.15) is 123 Å². The van der Waals surface area contributed by atoms with Gasteiger partial charge in [-0.25, -0.2) is 0 Å². The van der Waals surface area contributed by atoms with Crippen molar-refractivity contribution >= 4 is 10.1 Å². The summed E-state index contributed by atoms with van der Waals surface area (Å²) in [6, 6.07) is 0. The third-order valence-corrected chi connectivity index (χ3v) is 6.15. The van der Waals surface area contributed by atoms with E-state index >= 15 is 0 Å². The predicted octanol–water partition coefficient (Wildman–Crippen LogP) is 6.84. The van der Waals surface area contributed by atoms with E-state index in [1.165, 1.54) is 89.9 Å². The fourth-order valence-electron chi connectivity index (χ4n) is 3.14. The lowest BCUT2D eigenvalue weighted by Crippen LogP contribution is -2.10. The van der Waals surface area contributed by atoms with Crippen molar-refractivity contribution in [2.24, 2.45) is 0 Å². The first-order chi connectivity index (χ1) is 13.5.